The molecule has 2 radical (unpaired) electrons. The molecule has 0 fully saturated rings. The van der Waals surface area contributed by atoms with Gasteiger partial charge in [-0.3, -0.25) is 0 Å². The summed E-state index contributed by atoms with van der Waals surface area (Å²) in [6, 6.07) is 6.04. The minimum Gasteiger partial charge on any atom is -0.493 e. The van der Waals surface area contributed by atoms with E-state index in [2.05, 4.69) is 26.8 Å². The summed E-state index contributed by atoms with van der Waals surface area (Å²) >= 11 is 0. The van der Waals surface area contributed by atoms with Gasteiger partial charge < -0.3 is 9.47 Å². The molecule has 0 heterocycles. The number of hydrogen-bond acceptors (Lipinski definition) is 2. The van der Waals surface area contributed by atoms with Gasteiger partial charge in [-0.2, -0.15) is 0 Å². The van der Waals surface area contributed by atoms with Crippen LogP contribution in [-0.2, 0) is 0 Å². The zero-order valence-electron chi connectivity index (χ0n) is 10.0. The lowest BCUT2D eigenvalue weighted by atomic mass is 10.2. The van der Waals surface area contributed by atoms with Gasteiger partial charge >= 0.3 is 0 Å². The van der Waals surface area contributed by atoms with Gasteiger partial charge in [0.2, 0.25) is 0 Å². The van der Waals surface area contributed by atoms with Crippen LogP contribution < -0.4 is 14.7 Å². The van der Waals surface area contributed by atoms with Crippen molar-refractivity contribution in [3.05, 3.63) is 18.2 Å². The van der Waals surface area contributed by atoms with Crippen LogP contribution >= 0.6 is 0 Å². The van der Waals surface area contributed by atoms with Gasteiger partial charge in [-0.1, -0.05) is 32.9 Å². The van der Waals surface area contributed by atoms with Crippen LogP contribution in [0.4, 0.5) is 0 Å². The van der Waals surface area contributed by atoms with E-state index >= 15 is 0 Å². The topological polar surface area (TPSA) is 18.5 Å². The third kappa shape index (κ3) is 3.27. The second-order valence-electron chi connectivity index (χ2n) is 4.42. The molecule has 0 bridgehead atoms. The van der Waals surface area contributed by atoms with Crippen molar-refractivity contribution in [2.75, 3.05) is 14.2 Å². The molecule has 0 amide bonds. The third-order valence-electron chi connectivity index (χ3n) is 1.91. The van der Waals surface area contributed by atoms with Crippen LogP contribution in [0, 0.1) is 0 Å². The van der Waals surface area contributed by atoms with E-state index in [-0.39, 0.29) is 5.04 Å². The lowest BCUT2D eigenvalue weighted by Crippen LogP contribution is -2.25. The molecular weight excluding hydrogens is 204 g/mol. The first-order valence-corrected chi connectivity index (χ1v) is 5.97. The average molecular weight is 222 g/mol. The molecule has 0 saturated carbocycles. The fourth-order valence-corrected chi connectivity index (χ4v) is 2.72. The Hall–Kier alpha value is -0.963. The molecule has 15 heavy (non-hydrogen) atoms. The minimum atomic E-state index is 0.277. The maximum absolute atomic E-state index is 5.40. The van der Waals surface area contributed by atoms with Crippen molar-refractivity contribution in [1.29, 1.82) is 0 Å². The van der Waals surface area contributed by atoms with Crippen LogP contribution in [0.25, 0.3) is 0 Å². The largest absolute Gasteiger partial charge is 0.493 e. The fraction of sp³-hybridized carbons (Fsp3) is 0.500. The van der Waals surface area contributed by atoms with E-state index in [0.29, 0.717) is 9.52 Å². The van der Waals surface area contributed by atoms with E-state index in [1.54, 1.807) is 14.2 Å². The van der Waals surface area contributed by atoms with Crippen LogP contribution in [0.15, 0.2) is 18.2 Å². The highest BCUT2D eigenvalue weighted by molar-refractivity contribution is 6.57. The zero-order chi connectivity index (χ0) is 11.5. The molecule has 0 unspecified atom stereocenters. The number of rotatable bonds is 3. The highest BCUT2D eigenvalue weighted by Gasteiger charge is 2.18. The van der Waals surface area contributed by atoms with Crippen LogP contribution in [0.5, 0.6) is 11.5 Å². The summed E-state index contributed by atoms with van der Waals surface area (Å²) in [7, 11) is 4.07. The normalized spacial score (nSPS) is 11.3. The first-order valence-electron chi connectivity index (χ1n) is 4.97. The van der Waals surface area contributed by atoms with E-state index in [1.165, 1.54) is 5.19 Å². The van der Waals surface area contributed by atoms with Crippen LogP contribution in [-0.4, -0.2) is 23.7 Å². The molecule has 0 N–H and O–H groups in total. The summed E-state index contributed by atoms with van der Waals surface area (Å²) in [4.78, 5) is 0. The maximum Gasteiger partial charge on any atom is 0.160 e. The summed E-state index contributed by atoms with van der Waals surface area (Å²) < 4.78 is 10.7. The van der Waals surface area contributed by atoms with Gasteiger partial charge in [-0.05, 0) is 16.3 Å². The van der Waals surface area contributed by atoms with Crippen molar-refractivity contribution >= 4 is 14.7 Å². The van der Waals surface area contributed by atoms with Crippen LogP contribution in [0.2, 0.25) is 5.04 Å². The summed E-state index contributed by atoms with van der Waals surface area (Å²) in [5.41, 5.74) is 0. The molecule has 82 valence electrons. The highest BCUT2D eigenvalue weighted by Crippen LogP contribution is 2.27. The van der Waals surface area contributed by atoms with Gasteiger partial charge in [-0.15, -0.1) is 0 Å². The van der Waals surface area contributed by atoms with Crippen LogP contribution in [0.1, 0.15) is 20.8 Å². The molecular formula is C12H18O2Si. The molecule has 1 aromatic rings. The van der Waals surface area contributed by atoms with Gasteiger partial charge in [0.25, 0.3) is 0 Å². The van der Waals surface area contributed by atoms with Gasteiger partial charge in [-0.25, -0.2) is 0 Å². The number of para-hydroxylation sites is 1. The number of benzene rings is 1. The second-order valence-corrected chi connectivity index (χ2v) is 6.70. The minimum absolute atomic E-state index is 0.277. The number of ether oxygens (including phenoxy) is 2. The monoisotopic (exact) mass is 222 g/mol. The lowest BCUT2D eigenvalue weighted by Gasteiger charge is -2.19. The van der Waals surface area contributed by atoms with E-state index < -0.39 is 0 Å². The van der Waals surface area contributed by atoms with E-state index in [9.17, 15) is 0 Å². The van der Waals surface area contributed by atoms with Gasteiger partial charge in [0.1, 0.15) is 0 Å². The Morgan fingerprint density at radius 2 is 1.73 bits per heavy atom. The Labute approximate surface area is 94.4 Å². The molecule has 0 aliphatic carbocycles. The van der Waals surface area contributed by atoms with Crippen molar-refractivity contribution in [2.45, 2.75) is 25.8 Å². The SMILES string of the molecule is COc1cccc([Si]C(C)(C)C)c1OC. The molecule has 1 rings (SSSR count). The molecule has 3 heteroatoms. The summed E-state index contributed by atoms with van der Waals surface area (Å²) in [6.45, 7) is 6.68. The first-order chi connectivity index (χ1) is 6.98. The molecule has 1 aromatic carbocycles. The number of hydrogen-bond donors (Lipinski definition) is 0. The highest BCUT2D eigenvalue weighted by atomic mass is 28.2. The molecule has 2 nitrogen and oxygen atoms in total. The molecule has 0 aromatic heterocycles. The predicted molar refractivity (Wildman–Crippen MR) is 64.6 cm³/mol. The van der Waals surface area contributed by atoms with Crippen molar-refractivity contribution in [2.24, 2.45) is 0 Å². The molecule has 0 aliphatic heterocycles. The van der Waals surface area contributed by atoms with Gasteiger partial charge in [0, 0.05) is 0 Å². The summed E-state index contributed by atoms with van der Waals surface area (Å²) in [6.07, 6.45) is 0. The fourth-order valence-electron chi connectivity index (χ4n) is 1.39. The number of methoxy groups -OCH3 is 2. The van der Waals surface area contributed by atoms with Crippen molar-refractivity contribution in [1.82, 2.24) is 0 Å². The maximum atomic E-state index is 5.40. The third-order valence-corrected chi connectivity index (χ3v) is 3.33. The standard InChI is InChI=1S/C12H18O2Si/c1-12(2,3)15-10-8-6-7-9(13-4)11(10)14-5/h6-8H,1-5H3. The van der Waals surface area contributed by atoms with Crippen molar-refractivity contribution < 1.29 is 9.47 Å². The Bertz CT molecular complexity index is 329. The Morgan fingerprint density at radius 1 is 1.07 bits per heavy atom. The Kier molecular flexibility index (Phi) is 3.80. The molecule has 0 atom stereocenters. The molecule has 0 saturated heterocycles. The predicted octanol–water partition coefficient (Wildman–Crippen LogP) is 2.25. The zero-order valence-corrected chi connectivity index (χ0v) is 11.0. The van der Waals surface area contributed by atoms with Gasteiger partial charge in [0.05, 0.1) is 23.7 Å². The van der Waals surface area contributed by atoms with E-state index in [4.69, 9.17) is 9.47 Å². The van der Waals surface area contributed by atoms with E-state index in [1.807, 2.05) is 12.1 Å². The van der Waals surface area contributed by atoms with Crippen molar-refractivity contribution in [3.63, 3.8) is 0 Å². The van der Waals surface area contributed by atoms with Crippen LogP contribution in [0.3, 0.4) is 0 Å². The van der Waals surface area contributed by atoms with Crippen molar-refractivity contribution in [3.8, 4) is 11.5 Å². The summed E-state index contributed by atoms with van der Waals surface area (Å²) in [5, 5.41) is 1.50. The lowest BCUT2D eigenvalue weighted by molar-refractivity contribution is 0.357. The molecule has 0 spiro atoms. The Balaban J connectivity index is 3.06. The second kappa shape index (κ2) is 4.70. The Morgan fingerprint density at radius 3 is 2.20 bits per heavy atom. The smallest absolute Gasteiger partial charge is 0.160 e. The quantitative estimate of drug-likeness (QED) is 0.730. The van der Waals surface area contributed by atoms with E-state index in [0.717, 1.165) is 11.5 Å². The average Bonchev–Trinajstić information content (AvgIpc) is 2.15. The first kappa shape index (κ1) is 12.1. The van der Waals surface area contributed by atoms with Gasteiger partial charge in [0.15, 0.2) is 11.5 Å². The summed E-state index contributed by atoms with van der Waals surface area (Å²) in [5.74, 6) is 1.68. The molecule has 0 aliphatic rings.